The number of methoxy groups -OCH3 is 1. The van der Waals surface area contributed by atoms with Gasteiger partial charge in [0.25, 0.3) is 0 Å². The quantitative estimate of drug-likeness (QED) is 0.871. The molecule has 1 aromatic rings. The van der Waals surface area contributed by atoms with Gasteiger partial charge in [-0.15, -0.1) is 0 Å². The lowest BCUT2D eigenvalue weighted by Crippen LogP contribution is -2.40. The minimum absolute atomic E-state index is 0.240. The lowest BCUT2D eigenvalue weighted by atomic mass is 10.0. The standard InChI is InChI=1S/C16H25FN2O/c1-3-19(14-8-4-6-12(14)10-18)11-13-7-5-9-15(20-2)16(13)17/h5,7,9,12,14H,3-4,6,8,10-11,18H2,1-2H3. The van der Waals surface area contributed by atoms with Gasteiger partial charge in [-0.1, -0.05) is 25.5 Å². The van der Waals surface area contributed by atoms with E-state index >= 15 is 0 Å². The Morgan fingerprint density at radius 1 is 1.40 bits per heavy atom. The van der Waals surface area contributed by atoms with E-state index in [1.54, 1.807) is 6.07 Å². The van der Waals surface area contributed by atoms with E-state index in [9.17, 15) is 4.39 Å². The molecule has 1 aliphatic rings. The van der Waals surface area contributed by atoms with Crippen LogP contribution in [-0.2, 0) is 6.54 Å². The molecule has 20 heavy (non-hydrogen) atoms. The largest absolute Gasteiger partial charge is 0.494 e. The van der Waals surface area contributed by atoms with Crippen molar-refractivity contribution in [3.8, 4) is 5.75 Å². The van der Waals surface area contributed by atoms with Crippen LogP contribution in [0.1, 0.15) is 31.7 Å². The highest BCUT2D eigenvalue weighted by molar-refractivity contribution is 5.31. The smallest absolute Gasteiger partial charge is 0.169 e. The van der Waals surface area contributed by atoms with E-state index in [-0.39, 0.29) is 5.82 Å². The minimum atomic E-state index is -0.240. The molecule has 2 atom stereocenters. The lowest BCUT2D eigenvalue weighted by molar-refractivity contribution is 0.160. The lowest BCUT2D eigenvalue weighted by Gasteiger charge is -2.32. The molecule has 0 spiro atoms. The maximum absolute atomic E-state index is 14.3. The molecule has 1 fully saturated rings. The summed E-state index contributed by atoms with van der Waals surface area (Å²) < 4.78 is 19.3. The van der Waals surface area contributed by atoms with Crippen molar-refractivity contribution in [3.05, 3.63) is 29.6 Å². The Bertz CT molecular complexity index is 438. The molecule has 0 aliphatic heterocycles. The Balaban J connectivity index is 2.14. The summed E-state index contributed by atoms with van der Waals surface area (Å²) in [6.45, 7) is 4.39. The topological polar surface area (TPSA) is 38.5 Å². The monoisotopic (exact) mass is 280 g/mol. The summed E-state index contributed by atoms with van der Waals surface area (Å²) in [4.78, 5) is 2.35. The molecule has 0 radical (unpaired) electrons. The molecule has 2 N–H and O–H groups in total. The van der Waals surface area contributed by atoms with Crippen LogP contribution < -0.4 is 10.5 Å². The molecule has 1 saturated carbocycles. The van der Waals surface area contributed by atoms with Gasteiger partial charge in [0.05, 0.1) is 7.11 Å². The summed E-state index contributed by atoms with van der Waals surface area (Å²) in [5.41, 5.74) is 6.57. The number of nitrogens with zero attached hydrogens (tertiary/aromatic N) is 1. The molecule has 0 heterocycles. The first-order chi connectivity index (χ1) is 9.71. The van der Waals surface area contributed by atoms with Crippen molar-refractivity contribution in [2.75, 3.05) is 20.2 Å². The zero-order valence-electron chi connectivity index (χ0n) is 12.4. The van der Waals surface area contributed by atoms with Crippen LogP contribution in [0.5, 0.6) is 5.75 Å². The van der Waals surface area contributed by atoms with Crippen LogP contribution in [0.2, 0.25) is 0 Å². The van der Waals surface area contributed by atoms with Gasteiger partial charge in [-0.3, -0.25) is 4.90 Å². The SMILES string of the molecule is CCN(Cc1cccc(OC)c1F)C1CCCC1CN. The van der Waals surface area contributed by atoms with E-state index in [2.05, 4.69) is 11.8 Å². The van der Waals surface area contributed by atoms with E-state index in [0.29, 0.717) is 29.8 Å². The van der Waals surface area contributed by atoms with Crippen LogP contribution >= 0.6 is 0 Å². The number of nitrogens with two attached hydrogens (primary N) is 1. The number of benzene rings is 1. The second-order valence-corrected chi connectivity index (χ2v) is 5.49. The van der Waals surface area contributed by atoms with Gasteiger partial charge < -0.3 is 10.5 Å². The molecule has 112 valence electrons. The third kappa shape index (κ3) is 3.13. The average molecular weight is 280 g/mol. The molecule has 1 aliphatic carbocycles. The van der Waals surface area contributed by atoms with Crippen molar-refractivity contribution >= 4 is 0 Å². The molecule has 0 bridgehead atoms. The van der Waals surface area contributed by atoms with E-state index < -0.39 is 0 Å². The molecule has 2 rings (SSSR count). The van der Waals surface area contributed by atoms with Gasteiger partial charge in [-0.05, 0) is 37.9 Å². The van der Waals surface area contributed by atoms with Crippen LogP contribution in [0.3, 0.4) is 0 Å². The summed E-state index contributed by atoms with van der Waals surface area (Å²) >= 11 is 0. The Hall–Kier alpha value is -1.13. The molecular weight excluding hydrogens is 255 g/mol. The van der Waals surface area contributed by atoms with E-state index in [1.165, 1.54) is 26.4 Å². The van der Waals surface area contributed by atoms with Gasteiger partial charge in [0.1, 0.15) is 0 Å². The van der Waals surface area contributed by atoms with E-state index in [1.807, 2.05) is 12.1 Å². The Morgan fingerprint density at radius 2 is 2.20 bits per heavy atom. The van der Waals surface area contributed by atoms with E-state index in [4.69, 9.17) is 10.5 Å². The molecule has 2 unspecified atom stereocenters. The second-order valence-electron chi connectivity index (χ2n) is 5.49. The number of halogens is 1. The molecule has 4 heteroatoms. The van der Waals surface area contributed by atoms with Gasteiger partial charge in [0.15, 0.2) is 11.6 Å². The van der Waals surface area contributed by atoms with Crippen LogP contribution in [-0.4, -0.2) is 31.1 Å². The molecule has 3 nitrogen and oxygen atoms in total. The van der Waals surface area contributed by atoms with Crippen molar-refractivity contribution in [1.82, 2.24) is 4.90 Å². The van der Waals surface area contributed by atoms with Crippen molar-refractivity contribution in [2.45, 2.75) is 38.8 Å². The van der Waals surface area contributed by atoms with Crippen LogP contribution in [0.25, 0.3) is 0 Å². The van der Waals surface area contributed by atoms with Crippen LogP contribution in [0, 0.1) is 11.7 Å². The molecule has 0 aromatic heterocycles. The van der Waals surface area contributed by atoms with Crippen LogP contribution in [0.15, 0.2) is 18.2 Å². The number of hydrogen-bond donors (Lipinski definition) is 1. The van der Waals surface area contributed by atoms with Gasteiger partial charge in [-0.25, -0.2) is 4.39 Å². The zero-order chi connectivity index (χ0) is 14.5. The molecule has 0 amide bonds. The zero-order valence-corrected chi connectivity index (χ0v) is 12.4. The molecular formula is C16H25FN2O. The van der Waals surface area contributed by atoms with E-state index in [0.717, 1.165) is 13.1 Å². The average Bonchev–Trinajstić information content (AvgIpc) is 2.94. The first-order valence-corrected chi connectivity index (χ1v) is 7.46. The highest BCUT2D eigenvalue weighted by Crippen LogP contribution is 2.31. The highest BCUT2D eigenvalue weighted by Gasteiger charge is 2.30. The first kappa shape index (κ1) is 15.3. The maximum atomic E-state index is 14.3. The predicted octanol–water partition coefficient (Wildman–Crippen LogP) is 2.78. The fourth-order valence-electron chi connectivity index (χ4n) is 3.29. The molecule has 0 saturated heterocycles. The van der Waals surface area contributed by atoms with Gasteiger partial charge in [0, 0.05) is 18.2 Å². The summed E-state index contributed by atoms with van der Waals surface area (Å²) in [7, 11) is 1.50. The van der Waals surface area contributed by atoms with Crippen molar-refractivity contribution in [1.29, 1.82) is 0 Å². The van der Waals surface area contributed by atoms with Gasteiger partial charge in [-0.2, -0.15) is 0 Å². The maximum Gasteiger partial charge on any atom is 0.169 e. The van der Waals surface area contributed by atoms with Gasteiger partial charge in [0.2, 0.25) is 0 Å². The summed E-state index contributed by atoms with van der Waals surface area (Å²) in [5.74, 6) is 0.625. The highest BCUT2D eigenvalue weighted by atomic mass is 19.1. The fraction of sp³-hybridized carbons (Fsp3) is 0.625. The van der Waals surface area contributed by atoms with Crippen molar-refractivity contribution in [2.24, 2.45) is 11.7 Å². The van der Waals surface area contributed by atoms with Crippen LogP contribution in [0.4, 0.5) is 4.39 Å². The minimum Gasteiger partial charge on any atom is -0.494 e. The Labute approximate surface area is 120 Å². The fourth-order valence-corrected chi connectivity index (χ4v) is 3.29. The summed E-state index contributed by atoms with van der Waals surface area (Å²) in [6.07, 6.45) is 3.59. The Morgan fingerprint density at radius 3 is 2.85 bits per heavy atom. The van der Waals surface area contributed by atoms with Crippen molar-refractivity contribution in [3.63, 3.8) is 0 Å². The number of hydrogen-bond acceptors (Lipinski definition) is 3. The summed E-state index contributed by atoms with van der Waals surface area (Å²) in [6, 6.07) is 5.83. The normalized spacial score (nSPS) is 22.4. The third-order valence-electron chi connectivity index (χ3n) is 4.43. The molecule has 1 aromatic carbocycles. The third-order valence-corrected chi connectivity index (χ3v) is 4.43. The predicted molar refractivity (Wildman–Crippen MR) is 79.2 cm³/mol. The Kier molecular flexibility index (Phi) is 5.38. The van der Waals surface area contributed by atoms with Gasteiger partial charge >= 0.3 is 0 Å². The first-order valence-electron chi connectivity index (χ1n) is 7.46. The summed E-state index contributed by atoms with van der Waals surface area (Å²) in [5, 5.41) is 0. The number of rotatable bonds is 6. The second kappa shape index (κ2) is 7.04. The number of ether oxygens (including phenoxy) is 1. The van der Waals surface area contributed by atoms with Crippen molar-refractivity contribution < 1.29 is 9.13 Å².